The van der Waals surface area contributed by atoms with Gasteiger partial charge in [-0.1, -0.05) is 67.7 Å². The van der Waals surface area contributed by atoms with Crippen molar-refractivity contribution < 1.29 is 20.8 Å². The van der Waals surface area contributed by atoms with Crippen LogP contribution in [0.25, 0.3) is 0 Å². The van der Waals surface area contributed by atoms with Crippen LogP contribution in [0, 0.1) is 59.7 Å². The average molecular weight is 523 g/mol. The van der Waals surface area contributed by atoms with Gasteiger partial charge >= 0.3 is 37.9 Å². The molecule has 0 heterocycles. The first-order valence-electron chi connectivity index (χ1n) is 10.9. The van der Waals surface area contributed by atoms with Gasteiger partial charge in [-0.2, -0.15) is 0 Å². The predicted octanol–water partition coefficient (Wildman–Crippen LogP) is 7.87. The second-order valence-electron chi connectivity index (χ2n) is 8.51. The van der Waals surface area contributed by atoms with E-state index in [-0.39, 0.29) is 0 Å². The number of rotatable bonds is 3. The third kappa shape index (κ3) is 4.38. The molecule has 6 aliphatic rings. The second kappa shape index (κ2) is 10.0. The Morgan fingerprint density at radius 3 is 1.84 bits per heavy atom. The Morgan fingerprint density at radius 1 is 0.710 bits per heavy atom. The fraction of sp³-hybridized carbons (Fsp3) is 0.214. The fourth-order valence-corrected chi connectivity index (χ4v) is 5.52. The molecule has 3 fully saturated rings. The summed E-state index contributed by atoms with van der Waals surface area (Å²) >= 11 is -0.826. The van der Waals surface area contributed by atoms with E-state index in [0.717, 1.165) is 12.8 Å². The van der Waals surface area contributed by atoms with Gasteiger partial charge in [-0.05, 0) is 67.4 Å². The molecule has 0 nitrogen and oxygen atoms in total. The van der Waals surface area contributed by atoms with E-state index in [1.807, 2.05) is 0 Å². The molecule has 0 atom stereocenters. The first-order chi connectivity index (χ1) is 15.2. The van der Waals surface area contributed by atoms with Gasteiger partial charge in [0, 0.05) is 35.5 Å². The first-order valence-corrected chi connectivity index (χ1v) is 17.3. The first kappa shape index (κ1) is 22.7. The molecule has 0 aromatic rings. The van der Waals surface area contributed by atoms with Gasteiger partial charge in [0.25, 0.3) is 0 Å². The van der Waals surface area contributed by atoms with Gasteiger partial charge in [-0.25, -0.2) is 0 Å². The van der Waals surface area contributed by atoms with Crippen LogP contribution in [-0.4, -0.2) is 0 Å². The van der Waals surface area contributed by atoms with Crippen molar-refractivity contribution in [3.05, 3.63) is 132 Å². The molecular weight excluding hydrogens is 498 g/mol. The zero-order chi connectivity index (χ0) is 21.4. The van der Waals surface area contributed by atoms with Gasteiger partial charge in [0.1, 0.15) is 0 Å². The number of allylic oxidation sites excluding steroid dienone is 12. The minimum atomic E-state index is -0.826. The molecule has 0 amide bonds. The summed E-state index contributed by atoms with van der Waals surface area (Å²) in [4.78, 5) is 0. The molecule has 0 N–H and O–H groups in total. The maximum atomic E-state index is 4.93. The number of hydrogen-bond donors (Lipinski definition) is 0. The van der Waals surface area contributed by atoms with Gasteiger partial charge in [-0.3, -0.25) is 0 Å². The molecule has 0 saturated heterocycles. The van der Waals surface area contributed by atoms with Crippen LogP contribution in [0.5, 0.6) is 0 Å². The normalized spacial score (nSPS) is 27.6. The SMILES string of the molecule is C[C]1[CH][C]2C=C3CCCC3=C[C]2[C]1CC[C]1[C]2C=CC=C[C]2[C]2C=CC=C[C]21.[Cl][Zr][Cl]. The molecule has 0 unspecified atom stereocenters. The Kier molecular flexibility index (Phi) is 7.34. The quantitative estimate of drug-likeness (QED) is 0.354. The fourth-order valence-electron chi connectivity index (χ4n) is 5.52. The van der Waals surface area contributed by atoms with Crippen LogP contribution >= 0.6 is 17.0 Å². The monoisotopic (exact) mass is 520 g/mol. The Hall–Kier alpha value is -0.0969. The second-order valence-corrected chi connectivity index (χ2v) is 12.2. The minimum absolute atomic E-state index is 0.826. The zero-order valence-corrected chi connectivity index (χ0v) is 21.6. The summed E-state index contributed by atoms with van der Waals surface area (Å²) in [6.45, 7) is 2.29. The summed E-state index contributed by atoms with van der Waals surface area (Å²) in [7, 11) is 9.87. The van der Waals surface area contributed by atoms with Gasteiger partial charge < -0.3 is 0 Å². The Balaban J connectivity index is 0.000000646. The molecule has 3 heteroatoms. The Morgan fingerprint density at radius 2 is 1.23 bits per heavy atom. The molecule has 0 aromatic carbocycles. The number of fused-ring (bicyclic) bond motifs is 5. The van der Waals surface area contributed by atoms with Gasteiger partial charge in [0.15, 0.2) is 0 Å². The van der Waals surface area contributed by atoms with Crippen LogP contribution in [0.4, 0.5) is 0 Å². The molecule has 0 bridgehead atoms. The van der Waals surface area contributed by atoms with Gasteiger partial charge in [0.2, 0.25) is 0 Å². The molecule has 6 rings (SSSR count). The van der Waals surface area contributed by atoms with E-state index in [4.69, 9.17) is 17.0 Å². The van der Waals surface area contributed by atoms with Crippen molar-refractivity contribution in [3.8, 4) is 0 Å². The molecule has 3 saturated carbocycles. The average Bonchev–Trinajstić information content (AvgIpc) is 3.45. The van der Waals surface area contributed by atoms with Crippen molar-refractivity contribution in [1.82, 2.24) is 0 Å². The summed E-state index contributed by atoms with van der Waals surface area (Å²) in [5.41, 5.74) is 3.17. The van der Waals surface area contributed by atoms with Crippen molar-refractivity contribution >= 4 is 17.0 Å². The van der Waals surface area contributed by atoms with Crippen LogP contribution in [0.15, 0.2) is 71.9 Å². The van der Waals surface area contributed by atoms with E-state index in [9.17, 15) is 0 Å². The molecule has 154 valence electrons. The number of hydrogen-bond acceptors (Lipinski definition) is 0. The summed E-state index contributed by atoms with van der Waals surface area (Å²) < 4.78 is 0. The van der Waals surface area contributed by atoms with Crippen LogP contribution in [0.2, 0.25) is 0 Å². The number of halogens is 2. The van der Waals surface area contributed by atoms with Crippen molar-refractivity contribution in [2.24, 2.45) is 0 Å². The molecule has 0 aromatic heterocycles. The summed E-state index contributed by atoms with van der Waals surface area (Å²) in [5, 5.41) is 0. The molecule has 6 aliphatic carbocycles. The third-order valence-electron chi connectivity index (χ3n) is 6.86. The molecular formula is C28H24Cl2Zr. The van der Waals surface area contributed by atoms with E-state index >= 15 is 0 Å². The third-order valence-corrected chi connectivity index (χ3v) is 6.86. The molecule has 0 aliphatic heterocycles. The van der Waals surface area contributed by atoms with Crippen molar-refractivity contribution in [1.29, 1.82) is 0 Å². The summed E-state index contributed by atoms with van der Waals surface area (Å²) in [6, 6.07) is 0. The van der Waals surface area contributed by atoms with Crippen LogP contribution in [0.3, 0.4) is 0 Å². The maximum absolute atomic E-state index is 4.93. The Labute approximate surface area is 207 Å². The van der Waals surface area contributed by atoms with Crippen LogP contribution in [-0.2, 0) is 20.8 Å². The molecule has 31 heavy (non-hydrogen) atoms. The van der Waals surface area contributed by atoms with Crippen LogP contribution < -0.4 is 0 Å². The van der Waals surface area contributed by atoms with E-state index in [0.29, 0.717) is 0 Å². The van der Waals surface area contributed by atoms with E-state index in [1.54, 1.807) is 17.1 Å². The van der Waals surface area contributed by atoms with Crippen molar-refractivity contribution in [2.45, 2.75) is 39.0 Å². The molecule has 0 spiro atoms. The standard InChI is InChI=1S/C28H24.2ClH.Zr/c1-18-15-21-16-19-7-6-8-20(19)17-28(21)22(18)13-14-27-25-11-4-2-9-23(25)24-10-3-5-12-26(24)27;;;/h2-5,9-12,15-17H,6-8,13-14H2,1H3;2*1H;/q;;;+2/p-2. The summed E-state index contributed by atoms with van der Waals surface area (Å²) in [5.74, 6) is 13.1. The Bertz CT molecular complexity index is 813. The van der Waals surface area contributed by atoms with Crippen LogP contribution in [0.1, 0.15) is 39.0 Å². The van der Waals surface area contributed by atoms with Gasteiger partial charge in [-0.15, -0.1) is 0 Å². The van der Waals surface area contributed by atoms with Crippen molar-refractivity contribution in [3.63, 3.8) is 0 Å². The van der Waals surface area contributed by atoms with E-state index in [1.165, 1.54) is 66.6 Å². The topological polar surface area (TPSA) is 0 Å². The van der Waals surface area contributed by atoms with E-state index < -0.39 is 20.8 Å². The predicted molar refractivity (Wildman–Crippen MR) is 127 cm³/mol. The zero-order valence-electron chi connectivity index (χ0n) is 17.6. The van der Waals surface area contributed by atoms with E-state index in [2.05, 4.69) is 74.1 Å². The molecule has 10 radical (unpaired) electrons. The van der Waals surface area contributed by atoms with Gasteiger partial charge in [0.05, 0.1) is 0 Å². The summed E-state index contributed by atoms with van der Waals surface area (Å²) in [6.07, 6.45) is 31.2. The van der Waals surface area contributed by atoms with Crippen molar-refractivity contribution in [2.75, 3.05) is 0 Å².